The van der Waals surface area contributed by atoms with Crippen molar-refractivity contribution in [1.82, 2.24) is 4.98 Å². The van der Waals surface area contributed by atoms with E-state index in [0.717, 1.165) is 5.56 Å². The largest absolute Gasteiger partial charge is 0.479 e. The number of hydrogen-bond acceptors (Lipinski definition) is 3. The van der Waals surface area contributed by atoms with Crippen LogP contribution in [0.25, 0.3) is 0 Å². The molecule has 0 saturated heterocycles. The summed E-state index contributed by atoms with van der Waals surface area (Å²) in [7, 11) is 0. The molecule has 0 fully saturated rings. The van der Waals surface area contributed by atoms with Crippen molar-refractivity contribution < 1.29 is 15.0 Å². The molecule has 0 radical (unpaired) electrons. The molecule has 1 aromatic carbocycles. The monoisotopic (exact) mass is 255 g/mol. The summed E-state index contributed by atoms with van der Waals surface area (Å²) >= 11 is 0. The van der Waals surface area contributed by atoms with Crippen molar-refractivity contribution in [2.24, 2.45) is 0 Å². The van der Waals surface area contributed by atoms with E-state index in [4.69, 9.17) is 0 Å². The van der Waals surface area contributed by atoms with Gasteiger partial charge in [-0.3, -0.25) is 4.98 Å². The van der Waals surface area contributed by atoms with Crippen molar-refractivity contribution >= 4 is 5.97 Å². The quantitative estimate of drug-likeness (QED) is 0.810. The van der Waals surface area contributed by atoms with Crippen LogP contribution in [0.5, 0.6) is 0 Å². The van der Waals surface area contributed by atoms with Gasteiger partial charge >= 0.3 is 5.97 Å². The lowest BCUT2D eigenvalue weighted by Crippen LogP contribution is -2.38. The molecule has 0 spiro atoms. The molecular formula is C15H13NO3. The van der Waals surface area contributed by atoms with Gasteiger partial charge in [-0.1, -0.05) is 30.3 Å². The Morgan fingerprint density at radius 2 is 1.84 bits per heavy atom. The summed E-state index contributed by atoms with van der Waals surface area (Å²) in [5.74, 6) is -1.27. The summed E-state index contributed by atoms with van der Waals surface area (Å²) in [5, 5.41) is 20.3. The Labute approximate surface area is 110 Å². The number of benzene rings is 1. The minimum Gasteiger partial charge on any atom is -0.479 e. The van der Waals surface area contributed by atoms with Crippen LogP contribution in [0.4, 0.5) is 0 Å². The van der Waals surface area contributed by atoms with Gasteiger partial charge in [0.25, 0.3) is 0 Å². The predicted octanol–water partition coefficient (Wildman–Crippen LogP) is 1.50. The fourth-order valence-electron chi connectivity index (χ4n) is 2.69. The highest BCUT2D eigenvalue weighted by Crippen LogP contribution is 2.37. The first-order valence-corrected chi connectivity index (χ1v) is 6.12. The molecule has 1 unspecified atom stereocenters. The van der Waals surface area contributed by atoms with Gasteiger partial charge in [0.05, 0.1) is 0 Å². The van der Waals surface area contributed by atoms with Gasteiger partial charge in [0.2, 0.25) is 5.60 Å². The van der Waals surface area contributed by atoms with E-state index < -0.39 is 11.6 Å². The third kappa shape index (κ3) is 1.64. The van der Waals surface area contributed by atoms with Gasteiger partial charge < -0.3 is 10.2 Å². The van der Waals surface area contributed by atoms with Crippen LogP contribution in [0.2, 0.25) is 0 Å². The second-order valence-corrected chi connectivity index (χ2v) is 4.67. The van der Waals surface area contributed by atoms with Gasteiger partial charge in [0.1, 0.15) is 0 Å². The number of rotatable bonds is 1. The maximum Gasteiger partial charge on any atom is 0.345 e. The lowest BCUT2D eigenvalue weighted by molar-refractivity contribution is -0.155. The van der Waals surface area contributed by atoms with Gasteiger partial charge in [0.15, 0.2) is 0 Å². The molecule has 0 aliphatic heterocycles. The van der Waals surface area contributed by atoms with Crippen molar-refractivity contribution in [3.63, 3.8) is 0 Å². The second kappa shape index (κ2) is 4.17. The zero-order valence-electron chi connectivity index (χ0n) is 10.2. The van der Waals surface area contributed by atoms with Crippen LogP contribution < -0.4 is 0 Å². The molecule has 19 heavy (non-hydrogen) atoms. The second-order valence-electron chi connectivity index (χ2n) is 4.67. The summed E-state index contributed by atoms with van der Waals surface area (Å²) in [5.41, 5.74) is 0.284. The lowest BCUT2D eigenvalue weighted by Gasteiger charge is -2.25. The summed E-state index contributed by atoms with van der Waals surface area (Å²) in [6, 6.07) is 10.4. The molecule has 0 bridgehead atoms. The fourth-order valence-corrected chi connectivity index (χ4v) is 2.69. The smallest absolute Gasteiger partial charge is 0.345 e. The molecule has 1 atom stereocenters. The van der Waals surface area contributed by atoms with Crippen LogP contribution in [0, 0.1) is 0 Å². The molecule has 1 aromatic heterocycles. The Balaban J connectivity index is 2.35. The molecule has 4 nitrogen and oxygen atoms in total. The van der Waals surface area contributed by atoms with Crippen LogP contribution in [-0.2, 0) is 23.2 Å². The highest BCUT2D eigenvalue weighted by Gasteiger charge is 2.44. The molecule has 4 heteroatoms. The highest BCUT2D eigenvalue weighted by molar-refractivity contribution is 5.85. The van der Waals surface area contributed by atoms with Crippen LogP contribution in [0.15, 0.2) is 42.6 Å². The Morgan fingerprint density at radius 1 is 1.11 bits per heavy atom. The third-order valence-corrected chi connectivity index (χ3v) is 3.63. The summed E-state index contributed by atoms with van der Waals surface area (Å²) in [6.07, 6.45) is 2.93. The van der Waals surface area contributed by atoms with Crippen molar-refractivity contribution in [1.29, 1.82) is 0 Å². The number of carboxylic acid groups (broad SMARTS) is 1. The Morgan fingerprint density at radius 3 is 2.63 bits per heavy atom. The number of aryl methyl sites for hydroxylation is 2. The van der Waals surface area contributed by atoms with Crippen molar-refractivity contribution in [2.75, 3.05) is 0 Å². The predicted molar refractivity (Wildman–Crippen MR) is 68.7 cm³/mol. The maximum absolute atomic E-state index is 11.7. The van der Waals surface area contributed by atoms with Gasteiger partial charge in [-0.2, -0.15) is 0 Å². The van der Waals surface area contributed by atoms with Crippen LogP contribution >= 0.6 is 0 Å². The van der Waals surface area contributed by atoms with Gasteiger partial charge in [-0.15, -0.1) is 0 Å². The minimum absolute atomic E-state index is 0.368. The zero-order chi connectivity index (χ0) is 13.5. The number of hydrogen-bond donors (Lipinski definition) is 2. The fraction of sp³-hybridized carbons (Fsp3) is 0.200. The number of carbonyl (C=O) groups is 1. The SMILES string of the molecule is O=C(O)C1(O)c2ccccc2CCc2ncccc21. The molecule has 1 aliphatic carbocycles. The number of fused-ring (bicyclic) bond motifs is 2. The van der Waals surface area contributed by atoms with E-state index in [-0.39, 0.29) is 0 Å². The zero-order valence-corrected chi connectivity index (χ0v) is 10.2. The van der Waals surface area contributed by atoms with Crippen molar-refractivity contribution in [3.8, 4) is 0 Å². The molecule has 0 saturated carbocycles. The topological polar surface area (TPSA) is 70.4 Å². The number of carboxylic acids is 1. The van der Waals surface area contributed by atoms with E-state index in [9.17, 15) is 15.0 Å². The first kappa shape index (κ1) is 11.9. The van der Waals surface area contributed by atoms with E-state index in [1.165, 1.54) is 0 Å². The number of aliphatic hydroxyl groups is 1. The van der Waals surface area contributed by atoms with Crippen molar-refractivity contribution in [2.45, 2.75) is 18.4 Å². The van der Waals surface area contributed by atoms with Gasteiger partial charge in [-0.25, -0.2) is 4.79 Å². The highest BCUT2D eigenvalue weighted by atomic mass is 16.4. The first-order chi connectivity index (χ1) is 9.14. The first-order valence-electron chi connectivity index (χ1n) is 6.12. The average molecular weight is 255 g/mol. The van der Waals surface area contributed by atoms with Crippen LogP contribution in [0.1, 0.15) is 22.4 Å². The molecule has 3 rings (SSSR count). The van der Waals surface area contributed by atoms with E-state index >= 15 is 0 Å². The van der Waals surface area contributed by atoms with Gasteiger partial charge in [-0.05, 0) is 24.5 Å². The Kier molecular flexibility index (Phi) is 2.61. The number of aliphatic carboxylic acids is 1. The molecule has 96 valence electrons. The molecule has 0 amide bonds. The van der Waals surface area contributed by atoms with E-state index in [1.807, 2.05) is 12.1 Å². The molecular weight excluding hydrogens is 242 g/mol. The van der Waals surface area contributed by atoms with Crippen LogP contribution in [-0.4, -0.2) is 21.2 Å². The molecule has 2 N–H and O–H groups in total. The van der Waals surface area contributed by atoms with Crippen molar-refractivity contribution in [3.05, 3.63) is 65.0 Å². The normalized spacial score (nSPS) is 21.1. The van der Waals surface area contributed by atoms with E-state index in [2.05, 4.69) is 4.98 Å². The summed E-state index contributed by atoms with van der Waals surface area (Å²) in [6.45, 7) is 0. The number of pyridine rings is 1. The Bertz CT molecular complexity index is 604. The van der Waals surface area contributed by atoms with Gasteiger partial charge in [0, 0.05) is 23.0 Å². The third-order valence-electron chi connectivity index (χ3n) is 3.63. The van der Waals surface area contributed by atoms with E-state index in [0.29, 0.717) is 29.7 Å². The lowest BCUT2D eigenvalue weighted by atomic mass is 9.85. The standard InChI is InChI=1S/C15H13NO3/c17-14(18)15(19)11-5-2-1-4-10(11)7-8-13-12(15)6-3-9-16-13/h1-6,9,19H,7-8H2,(H,17,18). The average Bonchev–Trinajstić information content (AvgIpc) is 2.56. The number of nitrogens with zero attached hydrogens (tertiary/aromatic N) is 1. The van der Waals surface area contributed by atoms with Crippen LogP contribution in [0.3, 0.4) is 0 Å². The molecule has 1 aliphatic rings. The number of aromatic nitrogens is 1. The minimum atomic E-state index is -2.02. The summed E-state index contributed by atoms with van der Waals surface area (Å²) < 4.78 is 0. The van der Waals surface area contributed by atoms with E-state index in [1.54, 1.807) is 30.5 Å². The summed E-state index contributed by atoms with van der Waals surface area (Å²) in [4.78, 5) is 15.9. The maximum atomic E-state index is 11.7. The Hall–Kier alpha value is -2.20. The molecule has 1 heterocycles. The molecule has 2 aromatic rings.